The van der Waals surface area contributed by atoms with Crippen molar-refractivity contribution in [2.24, 2.45) is 0 Å². The van der Waals surface area contributed by atoms with Crippen molar-refractivity contribution in [2.75, 3.05) is 32.7 Å². The van der Waals surface area contributed by atoms with Gasteiger partial charge in [-0.1, -0.05) is 64.1 Å². The zero-order chi connectivity index (χ0) is 24.2. The van der Waals surface area contributed by atoms with Crippen LogP contribution in [0.25, 0.3) is 0 Å². The van der Waals surface area contributed by atoms with Crippen LogP contribution in [-0.2, 0) is 14.8 Å². The Hall–Kier alpha value is -2.22. The van der Waals surface area contributed by atoms with Gasteiger partial charge in [-0.3, -0.25) is 9.69 Å². The van der Waals surface area contributed by atoms with E-state index in [1.54, 1.807) is 12.1 Å². The summed E-state index contributed by atoms with van der Waals surface area (Å²) in [6, 6.07) is 15.4. The molecule has 1 aliphatic heterocycles. The molecule has 0 aliphatic carbocycles. The minimum absolute atomic E-state index is 0.0454. The predicted molar refractivity (Wildman–Crippen MR) is 133 cm³/mol. The normalized spacial score (nSPS) is 16.8. The van der Waals surface area contributed by atoms with Gasteiger partial charge in [-0.25, -0.2) is 8.42 Å². The Labute approximate surface area is 199 Å². The number of nitrogens with zero attached hydrogens (tertiary/aromatic N) is 2. The molecule has 2 aromatic rings. The molecular formula is C26H37N3O3S. The minimum Gasteiger partial charge on any atom is -0.348 e. The molecule has 1 N–H and O–H groups in total. The Morgan fingerprint density at radius 1 is 0.788 bits per heavy atom. The van der Waals surface area contributed by atoms with Crippen LogP contribution < -0.4 is 5.32 Å². The van der Waals surface area contributed by atoms with Crippen LogP contribution in [0.1, 0.15) is 69.2 Å². The summed E-state index contributed by atoms with van der Waals surface area (Å²) in [5, 5.41) is 3.06. The minimum atomic E-state index is -3.52. The van der Waals surface area contributed by atoms with Crippen molar-refractivity contribution >= 4 is 15.9 Å². The van der Waals surface area contributed by atoms with Gasteiger partial charge in [0.2, 0.25) is 15.9 Å². The maximum Gasteiger partial charge on any atom is 0.243 e. The molecule has 3 rings (SSSR count). The molecule has 1 amide bonds. The Balaban J connectivity index is 1.50. The van der Waals surface area contributed by atoms with Crippen LogP contribution in [0.3, 0.4) is 0 Å². The molecule has 0 saturated carbocycles. The highest BCUT2D eigenvalue weighted by Crippen LogP contribution is 2.22. The first-order valence-corrected chi connectivity index (χ1v) is 13.2. The fraction of sp³-hybridized carbons (Fsp3) is 0.500. The average molecular weight is 472 g/mol. The molecule has 0 radical (unpaired) electrons. The van der Waals surface area contributed by atoms with Gasteiger partial charge in [-0.05, 0) is 47.6 Å². The first-order chi connectivity index (χ1) is 15.6. The van der Waals surface area contributed by atoms with Crippen molar-refractivity contribution < 1.29 is 13.2 Å². The fourth-order valence-corrected chi connectivity index (χ4v) is 5.47. The molecule has 6 nitrogen and oxygen atoms in total. The molecule has 1 fully saturated rings. The number of rotatable bonds is 8. The predicted octanol–water partition coefficient (Wildman–Crippen LogP) is 4.12. The summed E-state index contributed by atoms with van der Waals surface area (Å²) in [6.45, 7) is 12.6. The summed E-state index contributed by atoms with van der Waals surface area (Å²) in [7, 11) is -3.52. The Morgan fingerprint density at radius 2 is 1.24 bits per heavy atom. The maximum atomic E-state index is 13.0. The van der Waals surface area contributed by atoms with Crippen molar-refractivity contribution in [1.29, 1.82) is 0 Å². The second kappa shape index (κ2) is 10.8. The molecule has 1 saturated heterocycles. The number of carbonyl (C=O) groups is 1. The van der Waals surface area contributed by atoms with E-state index in [1.807, 2.05) is 24.0 Å². The lowest BCUT2D eigenvalue weighted by molar-refractivity contribution is -0.123. The van der Waals surface area contributed by atoms with Gasteiger partial charge in [0.15, 0.2) is 0 Å². The summed E-state index contributed by atoms with van der Waals surface area (Å²) in [5.41, 5.74) is 3.47. The lowest BCUT2D eigenvalue weighted by atomic mass is 9.99. The SMILES string of the molecule is CC(C)c1ccc([C@H](C)NC(=O)CN2CCN(S(=O)(=O)c3ccc(C(C)C)cc3)CC2)cc1. The Bertz CT molecular complexity index is 1020. The quantitative estimate of drug-likeness (QED) is 0.629. The van der Waals surface area contributed by atoms with Crippen molar-refractivity contribution in [3.8, 4) is 0 Å². The molecule has 1 heterocycles. The van der Waals surface area contributed by atoms with Gasteiger partial charge in [-0.2, -0.15) is 4.31 Å². The second-order valence-electron chi connectivity index (χ2n) is 9.51. The summed E-state index contributed by atoms with van der Waals surface area (Å²) in [6.07, 6.45) is 0. The number of hydrogen-bond acceptors (Lipinski definition) is 4. The van der Waals surface area contributed by atoms with Crippen LogP contribution in [0, 0.1) is 0 Å². The number of nitrogens with one attached hydrogen (secondary N) is 1. The topological polar surface area (TPSA) is 69.7 Å². The van der Waals surface area contributed by atoms with Gasteiger partial charge in [0.1, 0.15) is 0 Å². The first kappa shape index (κ1) is 25.4. The van der Waals surface area contributed by atoms with E-state index in [0.29, 0.717) is 42.9 Å². The average Bonchev–Trinajstić information content (AvgIpc) is 2.79. The van der Waals surface area contributed by atoms with E-state index >= 15 is 0 Å². The smallest absolute Gasteiger partial charge is 0.243 e. The van der Waals surface area contributed by atoms with Gasteiger partial charge in [0.05, 0.1) is 17.5 Å². The number of piperazine rings is 1. The van der Waals surface area contributed by atoms with Crippen LogP contribution in [-0.4, -0.2) is 56.3 Å². The van der Waals surface area contributed by atoms with Crippen LogP contribution in [0.2, 0.25) is 0 Å². The third-order valence-corrected chi connectivity index (χ3v) is 8.28. The highest BCUT2D eigenvalue weighted by molar-refractivity contribution is 7.89. The maximum absolute atomic E-state index is 13.0. The Kier molecular flexibility index (Phi) is 8.32. The Morgan fingerprint density at radius 3 is 1.73 bits per heavy atom. The van der Waals surface area contributed by atoms with Crippen molar-refractivity contribution in [3.05, 3.63) is 65.2 Å². The summed E-state index contributed by atoms with van der Waals surface area (Å²) in [5.74, 6) is 0.792. The van der Waals surface area contributed by atoms with Crippen molar-refractivity contribution in [2.45, 2.75) is 57.4 Å². The van der Waals surface area contributed by atoms with E-state index in [2.05, 4.69) is 57.3 Å². The summed E-state index contributed by atoms with van der Waals surface area (Å²) >= 11 is 0. The first-order valence-electron chi connectivity index (χ1n) is 11.8. The zero-order valence-electron chi connectivity index (χ0n) is 20.4. The zero-order valence-corrected chi connectivity index (χ0v) is 21.2. The molecule has 1 aliphatic rings. The van der Waals surface area contributed by atoms with E-state index in [1.165, 1.54) is 9.87 Å². The highest BCUT2D eigenvalue weighted by Gasteiger charge is 2.29. The molecule has 1 atom stereocenters. The van der Waals surface area contributed by atoms with Crippen LogP contribution >= 0.6 is 0 Å². The number of carbonyl (C=O) groups excluding carboxylic acids is 1. The van der Waals surface area contributed by atoms with Crippen molar-refractivity contribution in [3.63, 3.8) is 0 Å². The molecule has 0 aromatic heterocycles. The lowest BCUT2D eigenvalue weighted by Crippen LogP contribution is -2.51. The standard InChI is InChI=1S/C26H37N3O3S/c1-19(2)22-6-8-24(9-7-22)21(5)27-26(30)18-28-14-16-29(17-15-28)33(31,32)25-12-10-23(11-13-25)20(3)4/h6-13,19-21H,14-18H2,1-5H3,(H,27,30)/t21-/m0/s1. The van der Waals surface area contributed by atoms with Gasteiger partial charge in [0, 0.05) is 26.2 Å². The van der Waals surface area contributed by atoms with E-state index < -0.39 is 10.0 Å². The fourth-order valence-electron chi connectivity index (χ4n) is 4.04. The van der Waals surface area contributed by atoms with Crippen LogP contribution in [0.5, 0.6) is 0 Å². The van der Waals surface area contributed by atoms with Gasteiger partial charge in [0.25, 0.3) is 0 Å². The summed E-state index contributed by atoms with van der Waals surface area (Å²) in [4.78, 5) is 14.9. The summed E-state index contributed by atoms with van der Waals surface area (Å²) < 4.78 is 27.5. The lowest BCUT2D eigenvalue weighted by Gasteiger charge is -2.33. The van der Waals surface area contributed by atoms with Crippen LogP contribution in [0.15, 0.2) is 53.4 Å². The third kappa shape index (κ3) is 6.43. The molecule has 33 heavy (non-hydrogen) atoms. The molecule has 0 spiro atoms. The molecular weight excluding hydrogens is 434 g/mol. The number of hydrogen-bond donors (Lipinski definition) is 1. The molecule has 0 bridgehead atoms. The monoisotopic (exact) mass is 471 g/mol. The van der Waals surface area contributed by atoms with Gasteiger partial charge < -0.3 is 5.32 Å². The van der Waals surface area contributed by atoms with Gasteiger partial charge >= 0.3 is 0 Å². The molecule has 0 unspecified atom stereocenters. The van der Waals surface area contributed by atoms with E-state index in [4.69, 9.17) is 0 Å². The second-order valence-corrected chi connectivity index (χ2v) is 11.5. The van der Waals surface area contributed by atoms with E-state index in [9.17, 15) is 13.2 Å². The number of sulfonamides is 1. The van der Waals surface area contributed by atoms with Gasteiger partial charge in [-0.15, -0.1) is 0 Å². The highest BCUT2D eigenvalue weighted by atomic mass is 32.2. The molecule has 2 aromatic carbocycles. The molecule has 7 heteroatoms. The third-order valence-electron chi connectivity index (χ3n) is 6.36. The van der Waals surface area contributed by atoms with E-state index in [-0.39, 0.29) is 18.5 Å². The number of amides is 1. The van der Waals surface area contributed by atoms with E-state index in [0.717, 1.165) is 11.1 Å². The largest absolute Gasteiger partial charge is 0.348 e. The molecule has 180 valence electrons. The number of benzene rings is 2. The van der Waals surface area contributed by atoms with Crippen LogP contribution in [0.4, 0.5) is 0 Å². The van der Waals surface area contributed by atoms with Crippen molar-refractivity contribution in [1.82, 2.24) is 14.5 Å².